The zero-order chi connectivity index (χ0) is 19.3. The zero-order valence-corrected chi connectivity index (χ0v) is 14.7. The summed E-state index contributed by atoms with van der Waals surface area (Å²) in [6.07, 6.45) is 0. The van der Waals surface area contributed by atoms with Gasteiger partial charge in [0.1, 0.15) is 11.3 Å². The number of methoxy groups -OCH3 is 1. The molecule has 0 aliphatic carbocycles. The van der Waals surface area contributed by atoms with Crippen LogP contribution in [0.4, 0.5) is 3.89 Å². The second-order valence-electron chi connectivity index (χ2n) is 5.20. The Labute approximate surface area is 149 Å². The first-order chi connectivity index (χ1) is 12.2. The molecule has 0 unspecified atom stereocenters. The van der Waals surface area contributed by atoms with Crippen molar-refractivity contribution < 1.29 is 35.5 Å². The van der Waals surface area contributed by atoms with E-state index >= 15 is 0 Å². The largest absolute Gasteiger partial charge is 0.497 e. The van der Waals surface area contributed by atoms with Gasteiger partial charge in [-0.25, -0.2) is 4.79 Å². The minimum absolute atomic E-state index is 0.297. The summed E-state index contributed by atoms with van der Waals surface area (Å²) in [5.74, 6) is -1.46. The summed E-state index contributed by atoms with van der Waals surface area (Å²) < 4.78 is 48.1. The lowest BCUT2D eigenvalue weighted by Crippen LogP contribution is -2.16. The van der Waals surface area contributed by atoms with Crippen LogP contribution in [0.1, 0.15) is 26.3 Å². The van der Waals surface area contributed by atoms with Gasteiger partial charge in [0.2, 0.25) is 0 Å². The molecule has 0 radical (unpaired) electrons. The van der Waals surface area contributed by atoms with Crippen LogP contribution in [0.2, 0.25) is 0 Å². The second kappa shape index (κ2) is 7.96. The smallest absolute Gasteiger partial charge is 0.488 e. The third-order valence-corrected chi connectivity index (χ3v) is 3.67. The Kier molecular flexibility index (Phi) is 5.93. The van der Waals surface area contributed by atoms with Crippen molar-refractivity contribution in [3.8, 4) is 11.5 Å². The number of carbonyl (C=O) groups is 2. The minimum atomic E-state index is -5.31. The van der Waals surface area contributed by atoms with Gasteiger partial charge in [-0.1, -0.05) is 9.95 Å². The molecule has 0 aromatic heterocycles. The zero-order valence-electron chi connectivity index (χ0n) is 13.9. The molecule has 0 aliphatic rings. The molecule has 0 atom stereocenters. The summed E-state index contributed by atoms with van der Waals surface area (Å²) in [4.78, 5) is 24.2. The van der Waals surface area contributed by atoms with Gasteiger partial charge >= 0.3 is 16.5 Å². The molecular weight excluding hydrogens is 367 g/mol. The van der Waals surface area contributed by atoms with Crippen LogP contribution >= 0.6 is 0 Å². The summed E-state index contributed by atoms with van der Waals surface area (Å²) in [5, 5.41) is 0. The highest BCUT2D eigenvalue weighted by molar-refractivity contribution is 7.81. The third kappa shape index (κ3) is 5.28. The highest BCUT2D eigenvalue weighted by Gasteiger charge is 2.20. The molecule has 0 amide bonds. The number of esters is 1. The van der Waals surface area contributed by atoms with E-state index in [1.54, 1.807) is 19.1 Å². The van der Waals surface area contributed by atoms with Crippen LogP contribution in [0.5, 0.6) is 11.5 Å². The Morgan fingerprint density at radius 1 is 1.08 bits per heavy atom. The molecular formula is C17H15FO7S. The molecule has 26 heavy (non-hydrogen) atoms. The predicted molar refractivity (Wildman–Crippen MR) is 89.4 cm³/mol. The van der Waals surface area contributed by atoms with Crippen molar-refractivity contribution in [2.45, 2.75) is 6.92 Å². The highest BCUT2D eigenvalue weighted by Crippen LogP contribution is 2.23. The Morgan fingerprint density at radius 3 is 2.31 bits per heavy atom. The summed E-state index contributed by atoms with van der Waals surface area (Å²) in [5.41, 5.74) is 0.571. The van der Waals surface area contributed by atoms with E-state index < -0.39 is 34.6 Å². The van der Waals surface area contributed by atoms with Crippen molar-refractivity contribution in [2.75, 3.05) is 13.7 Å². The van der Waals surface area contributed by atoms with E-state index in [1.807, 2.05) is 0 Å². The van der Waals surface area contributed by atoms with E-state index in [0.717, 1.165) is 6.07 Å². The lowest BCUT2D eigenvalue weighted by atomic mass is 10.1. The molecule has 0 saturated carbocycles. The fraction of sp³-hybridized carbons (Fsp3) is 0.176. The lowest BCUT2D eigenvalue weighted by Gasteiger charge is -2.09. The predicted octanol–water partition coefficient (Wildman–Crippen LogP) is 2.64. The molecule has 2 aromatic carbocycles. The molecule has 0 N–H and O–H groups in total. The van der Waals surface area contributed by atoms with Crippen molar-refractivity contribution in [1.82, 2.24) is 0 Å². The molecule has 9 heteroatoms. The number of hydrogen-bond acceptors (Lipinski definition) is 7. The van der Waals surface area contributed by atoms with Gasteiger partial charge in [-0.3, -0.25) is 4.79 Å². The number of halogens is 1. The summed E-state index contributed by atoms with van der Waals surface area (Å²) >= 11 is 0. The number of ether oxygens (including phenoxy) is 2. The summed E-state index contributed by atoms with van der Waals surface area (Å²) in [6, 6.07) is 9.98. The van der Waals surface area contributed by atoms with Crippen LogP contribution in [-0.2, 0) is 15.2 Å². The number of Topliss-reactive ketones (excluding diaryl/α,β-unsaturated/α-hetero) is 1. The first-order valence-corrected chi connectivity index (χ1v) is 8.59. The highest BCUT2D eigenvalue weighted by atomic mass is 32.3. The van der Waals surface area contributed by atoms with E-state index in [9.17, 15) is 21.9 Å². The number of rotatable bonds is 7. The standard InChI is InChI=1S/C17H15FO7S/c1-11-3-8-16(25-26(18,21)22)14(9-11)17(20)24-10-15(19)12-4-6-13(23-2)7-5-12/h3-9H,10H2,1-2H3. The molecule has 0 aliphatic heterocycles. The fourth-order valence-electron chi connectivity index (χ4n) is 2.05. The van der Waals surface area contributed by atoms with Gasteiger partial charge in [0.15, 0.2) is 18.1 Å². The summed E-state index contributed by atoms with van der Waals surface area (Å²) in [7, 11) is -3.83. The van der Waals surface area contributed by atoms with Crippen molar-refractivity contribution >= 4 is 22.3 Å². The van der Waals surface area contributed by atoms with Crippen molar-refractivity contribution in [2.24, 2.45) is 0 Å². The molecule has 0 bridgehead atoms. The van der Waals surface area contributed by atoms with Crippen molar-refractivity contribution in [3.63, 3.8) is 0 Å². The Hall–Kier alpha value is -2.94. The van der Waals surface area contributed by atoms with Crippen LogP contribution in [0.3, 0.4) is 0 Å². The SMILES string of the molecule is COc1ccc(C(=O)COC(=O)c2cc(C)ccc2OS(=O)(=O)F)cc1. The van der Waals surface area contributed by atoms with E-state index in [0.29, 0.717) is 16.9 Å². The molecule has 7 nitrogen and oxygen atoms in total. The fourth-order valence-corrected chi connectivity index (χ4v) is 2.41. The lowest BCUT2D eigenvalue weighted by molar-refractivity contribution is 0.0473. The minimum Gasteiger partial charge on any atom is -0.497 e. The number of hydrogen-bond donors (Lipinski definition) is 0. The van der Waals surface area contributed by atoms with Crippen LogP contribution in [-0.4, -0.2) is 33.9 Å². The van der Waals surface area contributed by atoms with Crippen LogP contribution in [0, 0.1) is 6.92 Å². The second-order valence-corrected chi connectivity index (χ2v) is 6.16. The first-order valence-electron chi connectivity index (χ1n) is 7.28. The normalized spacial score (nSPS) is 10.9. The molecule has 2 rings (SSSR count). The number of benzene rings is 2. The molecule has 138 valence electrons. The van der Waals surface area contributed by atoms with Gasteiger partial charge in [0.05, 0.1) is 7.11 Å². The van der Waals surface area contributed by atoms with Gasteiger partial charge in [-0.15, -0.1) is 0 Å². The first kappa shape index (κ1) is 19.4. The Balaban J connectivity index is 2.11. The number of aryl methyl sites for hydroxylation is 1. The summed E-state index contributed by atoms with van der Waals surface area (Å²) in [6.45, 7) is 1.05. The maximum Gasteiger partial charge on any atom is 0.488 e. The average molecular weight is 382 g/mol. The molecule has 0 saturated heterocycles. The maximum atomic E-state index is 12.7. The molecule has 0 spiro atoms. The van der Waals surface area contributed by atoms with E-state index in [4.69, 9.17) is 9.47 Å². The Morgan fingerprint density at radius 2 is 1.73 bits per heavy atom. The van der Waals surface area contributed by atoms with E-state index in [2.05, 4.69) is 4.18 Å². The maximum absolute atomic E-state index is 12.7. The molecule has 0 heterocycles. The van der Waals surface area contributed by atoms with Crippen LogP contribution < -0.4 is 8.92 Å². The molecule has 0 fully saturated rings. The van der Waals surface area contributed by atoms with E-state index in [-0.39, 0.29) is 5.56 Å². The topological polar surface area (TPSA) is 96.0 Å². The van der Waals surface area contributed by atoms with Crippen LogP contribution in [0.15, 0.2) is 42.5 Å². The van der Waals surface area contributed by atoms with Gasteiger partial charge in [0, 0.05) is 5.56 Å². The quantitative estimate of drug-likeness (QED) is 0.413. The van der Waals surface area contributed by atoms with Crippen molar-refractivity contribution in [3.05, 3.63) is 59.2 Å². The van der Waals surface area contributed by atoms with Gasteiger partial charge in [-0.05, 0) is 48.9 Å². The number of ketones is 1. The van der Waals surface area contributed by atoms with Gasteiger partial charge < -0.3 is 13.7 Å². The van der Waals surface area contributed by atoms with E-state index in [1.165, 1.54) is 31.4 Å². The van der Waals surface area contributed by atoms with Crippen LogP contribution in [0.25, 0.3) is 0 Å². The van der Waals surface area contributed by atoms with Crippen molar-refractivity contribution in [1.29, 1.82) is 0 Å². The van der Waals surface area contributed by atoms with Gasteiger partial charge in [-0.2, -0.15) is 8.42 Å². The average Bonchev–Trinajstić information content (AvgIpc) is 2.59. The molecule has 2 aromatic rings. The monoisotopic (exact) mass is 382 g/mol. The number of carbonyl (C=O) groups excluding carboxylic acids is 2. The van der Waals surface area contributed by atoms with Gasteiger partial charge in [0.25, 0.3) is 0 Å². The Bertz CT molecular complexity index is 921. The third-order valence-electron chi connectivity index (χ3n) is 3.29.